The molecule has 2 aromatic carbocycles. The van der Waals surface area contributed by atoms with Gasteiger partial charge in [-0.15, -0.1) is 0 Å². The Morgan fingerprint density at radius 2 is 1.81 bits per heavy atom. The largest absolute Gasteiger partial charge is 0.326 e. The van der Waals surface area contributed by atoms with Gasteiger partial charge < -0.3 is 5.32 Å². The van der Waals surface area contributed by atoms with Crippen molar-refractivity contribution in [3.8, 4) is 0 Å². The fourth-order valence-electron chi connectivity index (χ4n) is 1.94. The van der Waals surface area contributed by atoms with Crippen molar-refractivity contribution in [2.24, 2.45) is 5.10 Å². The summed E-state index contributed by atoms with van der Waals surface area (Å²) in [6.45, 7) is 0. The van der Waals surface area contributed by atoms with Crippen molar-refractivity contribution in [2.75, 3.05) is 5.32 Å². The summed E-state index contributed by atoms with van der Waals surface area (Å²) in [5.41, 5.74) is 3.37. The molecule has 0 radical (unpaired) electrons. The number of benzene rings is 2. The third-order valence-corrected chi connectivity index (χ3v) is 3.91. The van der Waals surface area contributed by atoms with Gasteiger partial charge in [-0.25, -0.2) is 5.43 Å². The van der Waals surface area contributed by atoms with Gasteiger partial charge in [0.1, 0.15) is 0 Å². The number of hydrogen-bond donors (Lipinski definition) is 2. The van der Waals surface area contributed by atoms with E-state index in [1.165, 1.54) is 24.4 Å². The standard InChI is InChI=1S/C17H15IN4O4/c18-13-4-6-14(7-5-13)20-16(23)8-9-17(24)21-19-11-12-2-1-3-15(10-12)22(25)26/h1-7,10-11H,8-9H2,(H,20,23)(H,21,24)/b19-11+. The predicted molar refractivity (Wildman–Crippen MR) is 106 cm³/mol. The highest BCUT2D eigenvalue weighted by Crippen LogP contribution is 2.12. The number of carbonyl (C=O) groups is 2. The molecule has 0 unspecified atom stereocenters. The van der Waals surface area contributed by atoms with Crippen molar-refractivity contribution >= 4 is 52.0 Å². The van der Waals surface area contributed by atoms with Gasteiger partial charge in [-0.05, 0) is 46.9 Å². The molecule has 0 aliphatic carbocycles. The zero-order valence-electron chi connectivity index (χ0n) is 13.5. The zero-order valence-corrected chi connectivity index (χ0v) is 15.7. The summed E-state index contributed by atoms with van der Waals surface area (Å²) in [7, 11) is 0. The molecule has 0 heterocycles. The number of hydrogen-bond acceptors (Lipinski definition) is 5. The third kappa shape index (κ3) is 6.59. The summed E-state index contributed by atoms with van der Waals surface area (Å²) in [6.07, 6.45) is 1.29. The second-order valence-electron chi connectivity index (χ2n) is 5.20. The van der Waals surface area contributed by atoms with Crippen molar-refractivity contribution in [1.82, 2.24) is 5.43 Å². The second-order valence-corrected chi connectivity index (χ2v) is 6.45. The van der Waals surface area contributed by atoms with Crippen LogP contribution in [0.4, 0.5) is 11.4 Å². The minimum Gasteiger partial charge on any atom is -0.326 e. The number of nitrogens with zero attached hydrogens (tertiary/aromatic N) is 2. The van der Waals surface area contributed by atoms with E-state index in [0.29, 0.717) is 11.3 Å². The third-order valence-electron chi connectivity index (χ3n) is 3.19. The number of amides is 2. The monoisotopic (exact) mass is 466 g/mol. The van der Waals surface area contributed by atoms with Gasteiger partial charge in [0.25, 0.3) is 5.69 Å². The van der Waals surface area contributed by atoms with E-state index >= 15 is 0 Å². The van der Waals surface area contributed by atoms with Crippen LogP contribution in [0.1, 0.15) is 18.4 Å². The first-order valence-corrected chi connectivity index (χ1v) is 8.64. The van der Waals surface area contributed by atoms with Gasteiger partial charge in [0, 0.05) is 39.8 Å². The first-order chi connectivity index (χ1) is 12.4. The number of nitrogens with one attached hydrogen (secondary N) is 2. The highest BCUT2D eigenvalue weighted by Gasteiger charge is 2.07. The number of anilines is 1. The molecule has 2 aromatic rings. The van der Waals surface area contributed by atoms with Crippen LogP contribution in [0, 0.1) is 13.7 Å². The normalized spacial score (nSPS) is 10.5. The van der Waals surface area contributed by atoms with E-state index < -0.39 is 10.8 Å². The van der Waals surface area contributed by atoms with E-state index in [2.05, 4.69) is 38.4 Å². The SMILES string of the molecule is O=C(CCC(=O)Nc1ccc(I)cc1)N/N=C/c1cccc([N+](=O)[O-])c1. The molecule has 26 heavy (non-hydrogen) atoms. The Bertz CT molecular complexity index is 837. The van der Waals surface area contributed by atoms with Gasteiger partial charge in [-0.2, -0.15) is 5.10 Å². The molecule has 0 saturated carbocycles. The van der Waals surface area contributed by atoms with Crippen LogP contribution in [-0.4, -0.2) is 23.0 Å². The predicted octanol–water partition coefficient (Wildman–Crippen LogP) is 3.07. The van der Waals surface area contributed by atoms with Gasteiger partial charge in [-0.3, -0.25) is 19.7 Å². The van der Waals surface area contributed by atoms with Gasteiger partial charge in [0.15, 0.2) is 0 Å². The topological polar surface area (TPSA) is 114 Å². The molecule has 0 fully saturated rings. The Morgan fingerprint density at radius 1 is 1.12 bits per heavy atom. The van der Waals surface area contributed by atoms with E-state index in [0.717, 1.165) is 3.57 Å². The van der Waals surface area contributed by atoms with Gasteiger partial charge in [-0.1, -0.05) is 12.1 Å². The van der Waals surface area contributed by atoms with Crippen LogP contribution < -0.4 is 10.7 Å². The Hall–Kier alpha value is -2.82. The van der Waals surface area contributed by atoms with E-state index in [1.807, 2.05) is 12.1 Å². The van der Waals surface area contributed by atoms with Gasteiger partial charge >= 0.3 is 0 Å². The lowest BCUT2D eigenvalue weighted by Gasteiger charge is -2.04. The van der Waals surface area contributed by atoms with Crippen LogP contribution in [0.3, 0.4) is 0 Å². The van der Waals surface area contributed by atoms with Crippen LogP contribution in [-0.2, 0) is 9.59 Å². The Morgan fingerprint density at radius 3 is 2.50 bits per heavy atom. The maximum atomic E-state index is 11.8. The van der Waals surface area contributed by atoms with Crippen molar-refractivity contribution in [1.29, 1.82) is 0 Å². The molecular formula is C17H15IN4O4. The van der Waals surface area contributed by atoms with Crippen molar-refractivity contribution in [3.05, 3.63) is 67.8 Å². The van der Waals surface area contributed by atoms with Crippen LogP contribution in [0.15, 0.2) is 53.6 Å². The van der Waals surface area contributed by atoms with Crippen LogP contribution in [0.25, 0.3) is 0 Å². The molecule has 9 heteroatoms. The average Bonchev–Trinajstić information content (AvgIpc) is 2.62. The first-order valence-electron chi connectivity index (χ1n) is 7.56. The molecule has 0 saturated heterocycles. The minimum atomic E-state index is -0.512. The molecule has 2 rings (SSSR count). The number of rotatable bonds is 7. The number of halogens is 1. The van der Waals surface area contributed by atoms with E-state index in [4.69, 9.17) is 0 Å². The molecule has 0 aliphatic heterocycles. The maximum Gasteiger partial charge on any atom is 0.270 e. The molecule has 0 atom stereocenters. The van der Waals surface area contributed by atoms with E-state index in [-0.39, 0.29) is 24.4 Å². The van der Waals surface area contributed by atoms with Crippen molar-refractivity contribution in [2.45, 2.75) is 12.8 Å². The Kier molecular flexibility index (Phi) is 7.21. The van der Waals surface area contributed by atoms with E-state index in [9.17, 15) is 19.7 Å². The lowest BCUT2D eigenvalue weighted by Crippen LogP contribution is -2.20. The van der Waals surface area contributed by atoms with Crippen molar-refractivity contribution in [3.63, 3.8) is 0 Å². The first kappa shape index (κ1) is 19.5. The van der Waals surface area contributed by atoms with Gasteiger partial charge in [0.05, 0.1) is 11.1 Å². The fraction of sp³-hybridized carbons (Fsp3) is 0.118. The second kappa shape index (κ2) is 9.61. The summed E-state index contributed by atoms with van der Waals surface area (Å²) in [5.74, 6) is -0.700. The summed E-state index contributed by atoms with van der Waals surface area (Å²) in [4.78, 5) is 33.7. The summed E-state index contributed by atoms with van der Waals surface area (Å²) in [5, 5.41) is 17.1. The Labute approximate surface area is 163 Å². The molecule has 2 N–H and O–H groups in total. The summed E-state index contributed by atoms with van der Waals surface area (Å²) < 4.78 is 1.06. The van der Waals surface area contributed by atoms with Crippen LogP contribution >= 0.6 is 22.6 Å². The van der Waals surface area contributed by atoms with Crippen LogP contribution in [0.2, 0.25) is 0 Å². The smallest absolute Gasteiger partial charge is 0.270 e. The highest BCUT2D eigenvalue weighted by molar-refractivity contribution is 14.1. The Balaban J connectivity index is 1.76. The summed E-state index contributed by atoms with van der Waals surface area (Å²) >= 11 is 2.16. The number of hydrazone groups is 1. The average molecular weight is 466 g/mol. The fourth-order valence-corrected chi connectivity index (χ4v) is 2.30. The minimum absolute atomic E-state index is 0.0180. The zero-order chi connectivity index (χ0) is 18.9. The lowest BCUT2D eigenvalue weighted by molar-refractivity contribution is -0.384. The number of nitro groups is 1. The quantitative estimate of drug-likeness (QED) is 0.283. The highest BCUT2D eigenvalue weighted by atomic mass is 127. The van der Waals surface area contributed by atoms with Gasteiger partial charge in [0.2, 0.25) is 11.8 Å². The molecule has 8 nitrogen and oxygen atoms in total. The molecular weight excluding hydrogens is 451 g/mol. The van der Waals surface area contributed by atoms with E-state index in [1.54, 1.807) is 18.2 Å². The van der Waals surface area contributed by atoms with Crippen molar-refractivity contribution < 1.29 is 14.5 Å². The van der Waals surface area contributed by atoms with Crippen LogP contribution in [0.5, 0.6) is 0 Å². The molecule has 134 valence electrons. The molecule has 0 aromatic heterocycles. The molecule has 0 aliphatic rings. The summed E-state index contributed by atoms with van der Waals surface area (Å²) in [6, 6.07) is 13.1. The maximum absolute atomic E-state index is 11.8. The molecule has 2 amide bonds. The molecule has 0 spiro atoms. The number of carbonyl (C=O) groups excluding carboxylic acids is 2. The lowest BCUT2D eigenvalue weighted by atomic mass is 10.2. The number of nitro benzene ring substituents is 1. The number of non-ortho nitro benzene ring substituents is 1. The molecule has 0 bridgehead atoms.